The molecule has 0 saturated heterocycles. The number of carbonyl (C=O) groups excluding carboxylic acids is 1. The van der Waals surface area contributed by atoms with E-state index in [1.54, 1.807) is 17.1 Å². The highest BCUT2D eigenvalue weighted by Crippen LogP contribution is 2.45. The highest BCUT2D eigenvalue weighted by atomic mass is 16.4. The van der Waals surface area contributed by atoms with Gasteiger partial charge in [-0.25, -0.2) is 4.79 Å². The first-order valence-corrected chi connectivity index (χ1v) is 5.86. The van der Waals surface area contributed by atoms with Gasteiger partial charge in [-0.2, -0.15) is 5.10 Å². The first kappa shape index (κ1) is 12.4. The maximum Gasteiger partial charge on any atom is 0.319 e. The lowest BCUT2D eigenvalue weighted by molar-refractivity contribution is -0.143. The van der Waals surface area contributed by atoms with Crippen molar-refractivity contribution in [2.75, 3.05) is 11.9 Å². The normalized spacial score (nSPS) is 16.1. The lowest BCUT2D eigenvalue weighted by Gasteiger charge is -2.11. The minimum Gasteiger partial charge on any atom is -0.481 e. The Morgan fingerprint density at radius 2 is 2.28 bits per heavy atom. The Bertz CT molecular complexity index is 465. The lowest BCUT2D eigenvalue weighted by atomic mass is 10.1. The first-order chi connectivity index (χ1) is 8.55. The molecule has 18 heavy (non-hydrogen) atoms. The van der Waals surface area contributed by atoms with Crippen molar-refractivity contribution in [2.45, 2.75) is 26.3 Å². The minimum absolute atomic E-state index is 0.163. The van der Waals surface area contributed by atoms with Crippen molar-refractivity contribution in [3.63, 3.8) is 0 Å². The third-order valence-corrected chi connectivity index (χ3v) is 3.11. The molecule has 2 amide bonds. The quantitative estimate of drug-likeness (QED) is 0.725. The zero-order chi connectivity index (χ0) is 13.2. The van der Waals surface area contributed by atoms with Gasteiger partial charge in [0.2, 0.25) is 0 Å². The summed E-state index contributed by atoms with van der Waals surface area (Å²) in [5, 5.41) is 18.2. The van der Waals surface area contributed by atoms with Crippen molar-refractivity contribution in [2.24, 2.45) is 5.41 Å². The van der Waals surface area contributed by atoms with Crippen molar-refractivity contribution in [3.8, 4) is 0 Å². The standard InChI is InChI=1S/C11H16N4O3/c1-2-15-6-8(5-13-15)14-10(18)12-7-11(3-4-11)9(16)17/h5-6H,2-4,7H2,1H3,(H,16,17)(H2,12,14,18). The summed E-state index contributed by atoms with van der Waals surface area (Å²) in [4.78, 5) is 22.5. The zero-order valence-electron chi connectivity index (χ0n) is 10.1. The van der Waals surface area contributed by atoms with E-state index in [0.29, 0.717) is 18.5 Å². The number of urea groups is 1. The molecule has 1 aliphatic rings. The molecule has 1 fully saturated rings. The Kier molecular flexibility index (Phi) is 3.22. The lowest BCUT2D eigenvalue weighted by Crippen LogP contribution is -2.36. The van der Waals surface area contributed by atoms with E-state index in [1.165, 1.54) is 0 Å². The van der Waals surface area contributed by atoms with Crippen LogP contribution in [0, 0.1) is 5.41 Å². The molecule has 1 heterocycles. The van der Waals surface area contributed by atoms with Crippen molar-refractivity contribution in [1.82, 2.24) is 15.1 Å². The summed E-state index contributed by atoms with van der Waals surface area (Å²) in [6, 6.07) is -0.404. The number of hydrogen-bond donors (Lipinski definition) is 3. The second-order valence-electron chi connectivity index (χ2n) is 4.48. The number of nitrogens with zero attached hydrogens (tertiary/aromatic N) is 2. The number of anilines is 1. The van der Waals surface area contributed by atoms with Gasteiger partial charge in [0, 0.05) is 19.3 Å². The average molecular weight is 252 g/mol. The molecule has 1 aromatic heterocycles. The second-order valence-corrected chi connectivity index (χ2v) is 4.48. The summed E-state index contributed by atoms with van der Waals surface area (Å²) in [6.45, 7) is 2.84. The molecule has 7 nitrogen and oxygen atoms in total. The van der Waals surface area contributed by atoms with Gasteiger partial charge in [-0.05, 0) is 19.8 Å². The van der Waals surface area contributed by atoms with Crippen LogP contribution in [0.4, 0.5) is 10.5 Å². The summed E-state index contributed by atoms with van der Waals surface area (Å²) < 4.78 is 1.69. The van der Waals surface area contributed by atoms with Crippen LogP contribution in [-0.2, 0) is 11.3 Å². The Balaban J connectivity index is 1.80. The topological polar surface area (TPSA) is 96.2 Å². The molecule has 1 saturated carbocycles. The summed E-state index contributed by atoms with van der Waals surface area (Å²) >= 11 is 0. The van der Waals surface area contributed by atoms with Crippen LogP contribution in [-0.4, -0.2) is 33.4 Å². The van der Waals surface area contributed by atoms with Gasteiger partial charge in [-0.3, -0.25) is 9.48 Å². The molecular weight excluding hydrogens is 236 g/mol. The van der Waals surface area contributed by atoms with Gasteiger partial charge < -0.3 is 15.7 Å². The molecule has 0 aromatic carbocycles. The van der Waals surface area contributed by atoms with Crippen LogP contribution in [0.25, 0.3) is 0 Å². The smallest absolute Gasteiger partial charge is 0.319 e. The zero-order valence-corrected chi connectivity index (χ0v) is 10.1. The van der Waals surface area contributed by atoms with Crippen molar-refractivity contribution in [1.29, 1.82) is 0 Å². The van der Waals surface area contributed by atoms with E-state index in [9.17, 15) is 9.59 Å². The van der Waals surface area contributed by atoms with Crippen LogP contribution in [0.1, 0.15) is 19.8 Å². The molecule has 0 spiro atoms. The molecule has 1 aromatic rings. The van der Waals surface area contributed by atoms with E-state index in [0.717, 1.165) is 6.54 Å². The summed E-state index contributed by atoms with van der Waals surface area (Å²) in [6.07, 6.45) is 4.50. The van der Waals surface area contributed by atoms with Crippen LogP contribution < -0.4 is 10.6 Å². The van der Waals surface area contributed by atoms with Crippen LogP contribution >= 0.6 is 0 Å². The summed E-state index contributed by atoms with van der Waals surface area (Å²) in [5.74, 6) is -0.846. The van der Waals surface area contributed by atoms with E-state index in [2.05, 4.69) is 15.7 Å². The fourth-order valence-electron chi connectivity index (χ4n) is 1.64. The largest absolute Gasteiger partial charge is 0.481 e. The number of carboxylic acids is 1. The van der Waals surface area contributed by atoms with Gasteiger partial charge in [-0.15, -0.1) is 0 Å². The molecule has 0 atom stereocenters. The van der Waals surface area contributed by atoms with E-state index in [-0.39, 0.29) is 6.54 Å². The number of aliphatic carboxylic acids is 1. The number of rotatable bonds is 5. The minimum atomic E-state index is -0.846. The fraction of sp³-hybridized carbons (Fsp3) is 0.545. The molecule has 0 aliphatic heterocycles. The first-order valence-electron chi connectivity index (χ1n) is 5.86. The van der Waals surface area contributed by atoms with Crippen LogP contribution in [0.5, 0.6) is 0 Å². The van der Waals surface area contributed by atoms with Crippen LogP contribution in [0.3, 0.4) is 0 Å². The molecule has 1 aliphatic carbocycles. The molecule has 98 valence electrons. The van der Waals surface area contributed by atoms with Crippen molar-refractivity contribution in [3.05, 3.63) is 12.4 Å². The highest BCUT2D eigenvalue weighted by Gasteiger charge is 2.50. The van der Waals surface area contributed by atoms with Crippen LogP contribution in [0.2, 0.25) is 0 Å². The van der Waals surface area contributed by atoms with Gasteiger partial charge in [0.05, 0.1) is 17.3 Å². The van der Waals surface area contributed by atoms with E-state index < -0.39 is 17.4 Å². The number of carbonyl (C=O) groups is 2. The number of nitrogens with one attached hydrogen (secondary N) is 2. The molecule has 7 heteroatoms. The number of amides is 2. The van der Waals surface area contributed by atoms with Gasteiger partial charge in [-0.1, -0.05) is 0 Å². The Labute approximate surface area is 104 Å². The molecular formula is C11H16N4O3. The number of carboxylic acid groups (broad SMARTS) is 1. The third-order valence-electron chi connectivity index (χ3n) is 3.11. The summed E-state index contributed by atoms with van der Waals surface area (Å²) in [5.41, 5.74) is -0.153. The second kappa shape index (κ2) is 4.67. The molecule has 3 N–H and O–H groups in total. The number of aromatic nitrogens is 2. The van der Waals surface area contributed by atoms with Gasteiger partial charge in [0.25, 0.3) is 0 Å². The average Bonchev–Trinajstić information content (AvgIpc) is 3.01. The highest BCUT2D eigenvalue weighted by molar-refractivity contribution is 5.89. The molecule has 2 rings (SSSR count). The Morgan fingerprint density at radius 3 is 2.78 bits per heavy atom. The maximum atomic E-state index is 11.6. The molecule has 0 unspecified atom stereocenters. The number of hydrogen-bond acceptors (Lipinski definition) is 3. The Morgan fingerprint density at radius 1 is 1.56 bits per heavy atom. The predicted molar refractivity (Wildman–Crippen MR) is 64.2 cm³/mol. The molecule has 0 radical (unpaired) electrons. The number of aryl methyl sites for hydroxylation is 1. The van der Waals surface area contributed by atoms with Crippen LogP contribution in [0.15, 0.2) is 12.4 Å². The maximum absolute atomic E-state index is 11.6. The van der Waals surface area contributed by atoms with E-state index >= 15 is 0 Å². The van der Waals surface area contributed by atoms with Crippen molar-refractivity contribution >= 4 is 17.7 Å². The summed E-state index contributed by atoms with van der Waals surface area (Å²) in [7, 11) is 0. The van der Waals surface area contributed by atoms with E-state index in [1.807, 2.05) is 6.92 Å². The molecule has 0 bridgehead atoms. The van der Waals surface area contributed by atoms with E-state index in [4.69, 9.17) is 5.11 Å². The van der Waals surface area contributed by atoms with Gasteiger partial charge in [0.15, 0.2) is 0 Å². The van der Waals surface area contributed by atoms with Gasteiger partial charge >= 0.3 is 12.0 Å². The predicted octanol–water partition coefficient (Wildman–Crippen LogP) is 0.889. The van der Waals surface area contributed by atoms with Crippen molar-refractivity contribution < 1.29 is 14.7 Å². The third kappa shape index (κ3) is 2.61. The van der Waals surface area contributed by atoms with Gasteiger partial charge in [0.1, 0.15) is 0 Å². The fourth-order valence-corrected chi connectivity index (χ4v) is 1.64. The monoisotopic (exact) mass is 252 g/mol. The SMILES string of the molecule is CCn1cc(NC(=O)NCC2(C(=O)O)CC2)cn1. The Hall–Kier alpha value is -2.05.